The summed E-state index contributed by atoms with van der Waals surface area (Å²) in [7, 11) is 1.43. The second-order valence-electron chi connectivity index (χ2n) is 12.6. The molecule has 1 aliphatic rings. The van der Waals surface area contributed by atoms with Crippen LogP contribution in [0.25, 0.3) is 0 Å². The average molecular weight is 582 g/mol. The Bertz CT molecular complexity index is 1250. The molecule has 228 valence electrons. The van der Waals surface area contributed by atoms with E-state index in [1.165, 1.54) is 24.6 Å². The third-order valence-electron chi connectivity index (χ3n) is 6.66. The first-order valence-electron chi connectivity index (χ1n) is 14.2. The number of fused-ring (bicyclic) bond motifs is 1. The van der Waals surface area contributed by atoms with Gasteiger partial charge in [-0.25, -0.2) is 15.0 Å². The number of hydrogen-bond donors (Lipinski definition) is 1. The molecule has 2 aromatic rings. The Balaban J connectivity index is 1.76. The van der Waals surface area contributed by atoms with Crippen molar-refractivity contribution in [1.29, 1.82) is 0 Å². The Hall–Kier alpha value is -3.60. The molecule has 0 radical (unpaired) electrons. The summed E-state index contributed by atoms with van der Waals surface area (Å²) in [5.74, 6) is -0.218. The lowest BCUT2D eigenvalue weighted by Crippen LogP contribution is -2.50. The van der Waals surface area contributed by atoms with E-state index < -0.39 is 21.9 Å². The second-order valence-corrected chi connectivity index (χ2v) is 12.6. The number of amides is 2. The van der Waals surface area contributed by atoms with Gasteiger partial charge in [-0.05, 0) is 71.1 Å². The maximum atomic E-state index is 12.4. The van der Waals surface area contributed by atoms with Gasteiger partial charge in [0.1, 0.15) is 17.7 Å². The molecule has 0 bridgehead atoms. The summed E-state index contributed by atoms with van der Waals surface area (Å²) in [6.07, 6.45) is 3.18. The largest absolute Gasteiger partial charge is 0.469 e. The molecule has 1 N–H and O–H groups in total. The minimum Gasteiger partial charge on any atom is -0.469 e. The van der Waals surface area contributed by atoms with Crippen molar-refractivity contribution in [3.05, 3.63) is 70.8 Å². The Kier molecular flexibility index (Phi) is 11.0. The number of carbonyl (C=O) groups is 3. The first kappa shape index (κ1) is 32.9. The lowest BCUT2D eigenvalue weighted by atomic mass is 9.99. The van der Waals surface area contributed by atoms with Crippen molar-refractivity contribution >= 4 is 24.8 Å². The van der Waals surface area contributed by atoms with Crippen molar-refractivity contribution in [2.75, 3.05) is 13.7 Å². The molecule has 2 aromatic carbocycles. The van der Waals surface area contributed by atoms with Crippen molar-refractivity contribution in [3.8, 4) is 0 Å². The minimum atomic E-state index is -0.732. The molecule has 10 nitrogen and oxygen atoms in total. The third kappa shape index (κ3) is 10.3. The van der Waals surface area contributed by atoms with Crippen LogP contribution in [0.4, 0.5) is 4.79 Å². The van der Waals surface area contributed by atoms with Gasteiger partial charge in [0, 0.05) is 24.7 Å². The zero-order valence-electron chi connectivity index (χ0n) is 25.9. The quantitative estimate of drug-likeness (QED) is 0.106. The van der Waals surface area contributed by atoms with Crippen molar-refractivity contribution in [2.24, 2.45) is 5.10 Å². The van der Waals surface area contributed by atoms with Gasteiger partial charge in [0.25, 0.3) is 0 Å². The topological polar surface area (TPSA) is 107 Å². The summed E-state index contributed by atoms with van der Waals surface area (Å²) in [5.41, 5.74) is 5.45. The van der Waals surface area contributed by atoms with Gasteiger partial charge < -0.3 is 9.47 Å². The van der Waals surface area contributed by atoms with Crippen LogP contribution in [0.5, 0.6) is 0 Å². The van der Waals surface area contributed by atoms with Crippen molar-refractivity contribution < 1.29 is 33.3 Å². The number of benzene rings is 2. The molecule has 0 saturated heterocycles. The molecule has 10 heteroatoms. The highest BCUT2D eigenvalue weighted by atomic mass is 16.7. The monoisotopic (exact) mass is 581 g/mol. The van der Waals surface area contributed by atoms with E-state index in [0.29, 0.717) is 19.4 Å². The molecule has 1 aliphatic heterocycles. The van der Waals surface area contributed by atoms with Crippen LogP contribution in [0.3, 0.4) is 0 Å². The van der Waals surface area contributed by atoms with Gasteiger partial charge in [-0.15, -0.1) is 5.10 Å². The van der Waals surface area contributed by atoms with Crippen LogP contribution in [0, 0.1) is 0 Å². The molecule has 2 atom stereocenters. The highest BCUT2D eigenvalue weighted by Crippen LogP contribution is 2.25. The van der Waals surface area contributed by atoms with Gasteiger partial charge in [-0.3, -0.25) is 9.69 Å². The maximum absolute atomic E-state index is 12.4. The summed E-state index contributed by atoms with van der Waals surface area (Å²) in [5, 5.41) is 3.96. The van der Waals surface area contributed by atoms with E-state index in [-0.39, 0.29) is 18.6 Å². The van der Waals surface area contributed by atoms with E-state index in [9.17, 15) is 14.4 Å². The van der Waals surface area contributed by atoms with Gasteiger partial charge in [0.15, 0.2) is 0 Å². The molecule has 0 fully saturated rings. The molecule has 1 heterocycles. The van der Waals surface area contributed by atoms with Gasteiger partial charge in [-0.2, -0.15) is 4.84 Å². The Morgan fingerprint density at radius 3 is 2.24 bits per heavy atom. The van der Waals surface area contributed by atoms with Gasteiger partial charge >= 0.3 is 18.5 Å². The summed E-state index contributed by atoms with van der Waals surface area (Å²) in [4.78, 5) is 45.1. The van der Waals surface area contributed by atoms with E-state index >= 15 is 0 Å². The van der Waals surface area contributed by atoms with Crippen LogP contribution < -0.4 is 5.43 Å². The number of hydrogen-bond acceptors (Lipinski definition) is 8. The Morgan fingerprint density at radius 1 is 1.00 bits per heavy atom. The van der Waals surface area contributed by atoms with Crippen molar-refractivity contribution in [2.45, 2.75) is 91.1 Å². The van der Waals surface area contributed by atoms with E-state index in [4.69, 9.17) is 14.3 Å². The number of nitrogens with zero attached hydrogens (tertiary/aromatic N) is 3. The summed E-state index contributed by atoms with van der Waals surface area (Å²) in [6, 6.07) is 16.4. The number of methoxy groups -OCH3 is 1. The lowest BCUT2D eigenvalue weighted by molar-refractivity contribution is -0.984. The Labute approximate surface area is 249 Å². The third-order valence-corrected chi connectivity index (χ3v) is 6.66. The smallest absolute Gasteiger partial charge is 0.428 e. The SMILES string of the molecule is COC(=O)CC1Cc2ccccc2CCN1Cc1ccc(C[N+](C=O)(C=NNC(=O)OC(C)(C)C)OC(C)(C)C)cc1. The normalized spacial score (nSPS) is 17.5. The number of esters is 1. The predicted octanol–water partition coefficient (Wildman–Crippen LogP) is 4.89. The van der Waals surface area contributed by atoms with Crippen molar-refractivity contribution in [3.63, 3.8) is 0 Å². The van der Waals surface area contributed by atoms with Crippen molar-refractivity contribution in [1.82, 2.24) is 10.3 Å². The van der Waals surface area contributed by atoms with E-state index in [2.05, 4.69) is 33.6 Å². The molecular formula is C32H45N4O6+. The first-order valence-corrected chi connectivity index (χ1v) is 14.2. The highest BCUT2D eigenvalue weighted by molar-refractivity contribution is 5.70. The van der Waals surface area contributed by atoms with E-state index in [1.54, 1.807) is 20.8 Å². The predicted molar refractivity (Wildman–Crippen MR) is 160 cm³/mol. The summed E-state index contributed by atoms with van der Waals surface area (Å²) in [6.45, 7) is 12.4. The van der Waals surface area contributed by atoms with Gasteiger partial charge in [-0.1, -0.05) is 53.2 Å². The zero-order chi connectivity index (χ0) is 31.0. The molecular weight excluding hydrogens is 536 g/mol. The van der Waals surface area contributed by atoms with E-state index in [0.717, 1.165) is 30.5 Å². The molecule has 0 saturated carbocycles. The number of quaternary nitrogens is 1. The summed E-state index contributed by atoms with van der Waals surface area (Å²) < 4.78 is 9.62. The fourth-order valence-corrected chi connectivity index (χ4v) is 4.96. The molecule has 2 unspecified atom stereocenters. The number of rotatable bonds is 10. The fourth-order valence-electron chi connectivity index (χ4n) is 4.96. The van der Waals surface area contributed by atoms with Gasteiger partial charge in [0.2, 0.25) is 6.34 Å². The highest BCUT2D eigenvalue weighted by Gasteiger charge is 2.35. The van der Waals surface area contributed by atoms with Crippen LogP contribution in [-0.4, -0.2) is 65.3 Å². The number of carbonyl (C=O) groups excluding carboxylic acids is 3. The van der Waals surface area contributed by atoms with Gasteiger partial charge in [0.05, 0.1) is 13.5 Å². The maximum Gasteiger partial charge on any atom is 0.428 e. The number of ether oxygens (including phenoxy) is 2. The molecule has 0 aliphatic carbocycles. The van der Waals surface area contributed by atoms with Crippen LogP contribution in [0.15, 0.2) is 53.6 Å². The molecule has 0 aromatic heterocycles. The van der Waals surface area contributed by atoms with E-state index in [1.807, 2.05) is 51.1 Å². The average Bonchev–Trinajstić information content (AvgIpc) is 3.06. The summed E-state index contributed by atoms with van der Waals surface area (Å²) >= 11 is 0. The van der Waals surface area contributed by atoms with Crippen LogP contribution in [0.1, 0.15) is 70.2 Å². The minimum absolute atomic E-state index is 0.0222. The first-order chi connectivity index (χ1) is 19.7. The molecule has 42 heavy (non-hydrogen) atoms. The number of hydroxylamine groups is 3. The van der Waals surface area contributed by atoms with Crippen LogP contribution >= 0.6 is 0 Å². The van der Waals surface area contributed by atoms with Crippen LogP contribution in [0.2, 0.25) is 0 Å². The lowest BCUT2D eigenvalue weighted by Gasteiger charge is -2.31. The number of hydrazone groups is 1. The standard InChI is InChI=1S/C32H44N4O6/c1-31(2,3)41-30(39)34-33-22-36(23-37,42-32(4,5)6)21-25-14-12-24(13-15-25)20-35-17-16-26-10-8-9-11-27(26)18-28(35)19-29(38)40-7/h8-15,22-23,28H,16-21H2,1-7H3/p+1. The zero-order valence-corrected chi connectivity index (χ0v) is 25.9. The second kappa shape index (κ2) is 14.0. The molecule has 2 amide bonds. The van der Waals surface area contributed by atoms with Crippen LogP contribution in [-0.2, 0) is 49.8 Å². The number of nitrogens with one attached hydrogen (secondary N) is 1. The Morgan fingerprint density at radius 2 is 1.64 bits per heavy atom. The molecule has 3 rings (SSSR count). The molecule has 0 spiro atoms. The fraction of sp³-hybridized carbons (Fsp3) is 0.500.